The van der Waals surface area contributed by atoms with Crippen molar-refractivity contribution in [1.82, 2.24) is 0 Å². The van der Waals surface area contributed by atoms with Gasteiger partial charge in [0.15, 0.2) is 6.17 Å². The van der Waals surface area contributed by atoms with Crippen LogP contribution in [0.15, 0.2) is 34.5 Å². The lowest BCUT2D eigenvalue weighted by atomic mass is 10.1. The molecule has 66 valence electrons. The topological polar surface area (TPSA) is 67.9 Å². The molecule has 13 heavy (non-hydrogen) atoms. The average molecular weight is 177 g/mol. The number of benzene rings is 1. The van der Waals surface area contributed by atoms with E-state index in [1.807, 2.05) is 0 Å². The molecule has 0 unspecified atom stereocenters. The Morgan fingerprint density at radius 2 is 2.08 bits per heavy atom. The maximum absolute atomic E-state index is 10.6. The summed E-state index contributed by atoms with van der Waals surface area (Å²) in [4.78, 5) is 10.2. The van der Waals surface area contributed by atoms with Gasteiger partial charge in [0.1, 0.15) is 0 Å². The second kappa shape index (κ2) is 2.93. The van der Waals surface area contributed by atoms with E-state index in [0.717, 1.165) is 0 Å². The van der Waals surface area contributed by atoms with Gasteiger partial charge in [-0.2, -0.15) is 10.2 Å². The number of nitro groups is 1. The molecule has 0 aromatic heterocycles. The van der Waals surface area contributed by atoms with E-state index < -0.39 is 0 Å². The van der Waals surface area contributed by atoms with Gasteiger partial charge in [-0.25, -0.2) is 0 Å². The van der Waals surface area contributed by atoms with E-state index in [2.05, 4.69) is 10.2 Å². The maximum atomic E-state index is 10.6. The number of rotatable bonds is 3. The standard InChI is InChI=1S/C8H7N3O2/c12-11(13)7-4-2-1-3-6(7)5-8-9-10-8/h1-4,8H,5H2. The van der Waals surface area contributed by atoms with Gasteiger partial charge in [-0.3, -0.25) is 10.1 Å². The van der Waals surface area contributed by atoms with E-state index >= 15 is 0 Å². The van der Waals surface area contributed by atoms with E-state index in [9.17, 15) is 10.1 Å². The van der Waals surface area contributed by atoms with Crippen LogP contribution in [-0.4, -0.2) is 11.1 Å². The van der Waals surface area contributed by atoms with Crippen molar-refractivity contribution in [3.05, 3.63) is 39.9 Å². The van der Waals surface area contributed by atoms with E-state index in [1.54, 1.807) is 18.2 Å². The van der Waals surface area contributed by atoms with Gasteiger partial charge in [-0.15, -0.1) is 0 Å². The predicted octanol–water partition coefficient (Wildman–Crippen LogP) is 1.93. The van der Waals surface area contributed by atoms with Gasteiger partial charge >= 0.3 is 0 Å². The first kappa shape index (κ1) is 7.85. The molecule has 0 saturated heterocycles. The van der Waals surface area contributed by atoms with Crippen LogP contribution in [0, 0.1) is 10.1 Å². The Hall–Kier alpha value is -1.78. The molecule has 0 aliphatic carbocycles. The van der Waals surface area contributed by atoms with Crippen LogP contribution >= 0.6 is 0 Å². The molecule has 1 aliphatic rings. The molecule has 0 radical (unpaired) electrons. The monoisotopic (exact) mass is 177 g/mol. The second-order valence-corrected chi connectivity index (χ2v) is 2.80. The first-order valence-electron chi connectivity index (χ1n) is 3.89. The Morgan fingerprint density at radius 3 is 2.69 bits per heavy atom. The highest BCUT2D eigenvalue weighted by Crippen LogP contribution is 2.24. The highest BCUT2D eigenvalue weighted by Gasteiger charge is 2.21. The van der Waals surface area contributed by atoms with Gasteiger partial charge in [0.25, 0.3) is 5.69 Å². The van der Waals surface area contributed by atoms with Crippen LogP contribution in [0.4, 0.5) is 5.69 Å². The quantitative estimate of drug-likeness (QED) is 0.522. The van der Waals surface area contributed by atoms with Crippen LogP contribution < -0.4 is 0 Å². The predicted molar refractivity (Wildman–Crippen MR) is 45.4 cm³/mol. The van der Waals surface area contributed by atoms with Crippen molar-refractivity contribution in [3.8, 4) is 0 Å². The van der Waals surface area contributed by atoms with E-state index in [1.165, 1.54) is 6.07 Å². The molecule has 5 nitrogen and oxygen atoms in total. The Kier molecular flexibility index (Phi) is 1.77. The van der Waals surface area contributed by atoms with Gasteiger partial charge in [-0.1, -0.05) is 18.2 Å². The van der Waals surface area contributed by atoms with Crippen molar-refractivity contribution in [2.75, 3.05) is 0 Å². The molecule has 0 N–H and O–H groups in total. The summed E-state index contributed by atoms with van der Waals surface area (Å²) in [5, 5.41) is 18.0. The number of hydrogen-bond donors (Lipinski definition) is 0. The van der Waals surface area contributed by atoms with E-state index in [4.69, 9.17) is 0 Å². The number of hydrogen-bond acceptors (Lipinski definition) is 4. The molecule has 0 fully saturated rings. The third kappa shape index (κ3) is 1.69. The fraction of sp³-hybridized carbons (Fsp3) is 0.250. The lowest BCUT2D eigenvalue weighted by Crippen LogP contribution is -1.98. The first-order chi connectivity index (χ1) is 6.27. The van der Waals surface area contributed by atoms with Crippen molar-refractivity contribution in [2.24, 2.45) is 10.2 Å². The van der Waals surface area contributed by atoms with Crippen LogP contribution in [0.2, 0.25) is 0 Å². The summed E-state index contributed by atoms with van der Waals surface area (Å²) in [6.07, 6.45) is 0.484. The summed E-state index contributed by atoms with van der Waals surface area (Å²) in [5.74, 6) is 0. The molecule has 0 spiro atoms. The molecule has 5 heteroatoms. The average Bonchev–Trinajstić information content (AvgIpc) is 2.89. The van der Waals surface area contributed by atoms with Crippen LogP contribution in [-0.2, 0) is 6.42 Å². The van der Waals surface area contributed by atoms with E-state index in [0.29, 0.717) is 12.0 Å². The SMILES string of the molecule is O=[N+]([O-])c1ccccc1CC1N=N1. The van der Waals surface area contributed by atoms with Crippen LogP contribution in [0.3, 0.4) is 0 Å². The van der Waals surface area contributed by atoms with Crippen LogP contribution in [0.5, 0.6) is 0 Å². The van der Waals surface area contributed by atoms with Gasteiger partial charge in [-0.05, 0) is 0 Å². The zero-order chi connectivity index (χ0) is 9.26. The first-order valence-corrected chi connectivity index (χ1v) is 3.89. The van der Waals surface area contributed by atoms with Crippen molar-refractivity contribution >= 4 is 5.69 Å². The molecule has 1 heterocycles. The molecule has 0 amide bonds. The molecular formula is C8H7N3O2. The zero-order valence-electron chi connectivity index (χ0n) is 6.75. The molecule has 1 aromatic carbocycles. The summed E-state index contributed by atoms with van der Waals surface area (Å²) < 4.78 is 0. The molecular weight excluding hydrogens is 170 g/mol. The largest absolute Gasteiger partial charge is 0.272 e. The second-order valence-electron chi connectivity index (χ2n) is 2.80. The third-order valence-electron chi connectivity index (χ3n) is 1.87. The van der Waals surface area contributed by atoms with Crippen LogP contribution in [0.25, 0.3) is 0 Å². The van der Waals surface area contributed by atoms with Gasteiger partial charge < -0.3 is 0 Å². The normalized spacial score (nSPS) is 14.5. The summed E-state index contributed by atoms with van der Waals surface area (Å²) in [5.41, 5.74) is 0.849. The minimum atomic E-state index is -0.377. The Morgan fingerprint density at radius 1 is 1.38 bits per heavy atom. The van der Waals surface area contributed by atoms with Gasteiger partial charge in [0, 0.05) is 18.1 Å². The summed E-state index contributed by atoms with van der Waals surface area (Å²) in [6.45, 7) is 0. The Bertz CT molecular complexity index is 369. The Balaban J connectivity index is 2.25. The number of nitrogens with zero attached hydrogens (tertiary/aromatic N) is 3. The fourth-order valence-electron chi connectivity index (χ4n) is 1.19. The van der Waals surface area contributed by atoms with E-state index in [-0.39, 0.29) is 16.8 Å². The van der Waals surface area contributed by atoms with Crippen LogP contribution in [0.1, 0.15) is 5.56 Å². The lowest BCUT2D eigenvalue weighted by Gasteiger charge is -1.98. The minimum Gasteiger partial charge on any atom is -0.258 e. The summed E-state index contributed by atoms with van der Waals surface area (Å²) >= 11 is 0. The molecule has 0 atom stereocenters. The molecule has 1 aliphatic heterocycles. The smallest absolute Gasteiger partial charge is 0.258 e. The zero-order valence-corrected chi connectivity index (χ0v) is 6.75. The third-order valence-corrected chi connectivity index (χ3v) is 1.87. The highest BCUT2D eigenvalue weighted by atomic mass is 16.6. The van der Waals surface area contributed by atoms with Gasteiger partial charge in [0.05, 0.1) is 4.92 Å². The summed E-state index contributed by atoms with van der Waals surface area (Å²) in [7, 11) is 0. The lowest BCUT2D eigenvalue weighted by molar-refractivity contribution is -0.385. The summed E-state index contributed by atoms with van der Waals surface area (Å²) in [6, 6.07) is 6.67. The van der Waals surface area contributed by atoms with Gasteiger partial charge in [0.2, 0.25) is 0 Å². The van der Waals surface area contributed by atoms with Crippen molar-refractivity contribution in [2.45, 2.75) is 12.6 Å². The number of para-hydroxylation sites is 1. The maximum Gasteiger partial charge on any atom is 0.272 e. The van der Waals surface area contributed by atoms with Crippen molar-refractivity contribution in [1.29, 1.82) is 0 Å². The molecule has 2 rings (SSSR count). The minimum absolute atomic E-state index is 0.0545. The molecule has 0 saturated carbocycles. The molecule has 0 bridgehead atoms. The Labute approximate surface area is 74.3 Å². The van der Waals surface area contributed by atoms with Crippen molar-refractivity contribution < 1.29 is 4.92 Å². The highest BCUT2D eigenvalue weighted by molar-refractivity contribution is 5.40. The number of nitro benzene ring substituents is 1. The fourth-order valence-corrected chi connectivity index (χ4v) is 1.19. The van der Waals surface area contributed by atoms with Crippen molar-refractivity contribution in [3.63, 3.8) is 0 Å². The molecule has 1 aromatic rings.